The number of carbonyl (C=O) groups excluding carboxylic acids is 1. The molecule has 6 heteroatoms. The molecule has 1 saturated carbocycles. The van der Waals surface area contributed by atoms with Gasteiger partial charge in [0.2, 0.25) is 5.91 Å². The molecule has 0 aromatic heterocycles. The topological polar surface area (TPSA) is 70.1 Å². The van der Waals surface area contributed by atoms with Crippen molar-refractivity contribution in [1.29, 1.82) is 0 Å². The van der Waals surface area contributed by atoms with Crippen LogP contribution in [0.3, 0.4) is 0 Å². The third-order valence-corrected chi connectivity index (χ3v) is 6.08. The Labute approximate surface area is 177 Å². The molecular weight excluding hydrogens is 380 g/mol. The van der Waals surface area contributed by atoms with Crippen molar-refractivity contribution < 1.29 is 19.4 Å². The van der Waals surface area contributed by atoms with E-state index in [1.165, 1.54) is 12.8 Å². The zero-order valence-corrected chi connectivity index (χ0v) is 17.1. The maximum Gasteiger partial charge on any atom is 0.341 e. The maximum atomic E-state index is 13.7. The van der Waals surface area contributed by atoms with Crippen LogP contribution in [0.15, 0.2) is 54.6 Å². The highest BCUT2D eigenvalue weighted by Gasteiger charge is 2.53. The average Bonchev–Trinajstić information content (AvgIpc) is 3.42. The van der Waals surface area contributed by atoms with E-state index in [0.717, 1.165) is 43.7 Å². The van der Waals surface area contributed by atoms with E-state index >= 15 is 0 Å². The predicted molar refractivity (Wildman–Crippen MR) is 115 cm³/mol. The van der Waals surface area contributed by atoms with Crippen LogP contribution in [0.5, 0.6) is 5.75 Å². The number of para-hydroxylation sites is 1. The molecular formula is C24H28N2O4. The van der Waals surface area contributed by atoms with Crippen LogP contribution in [0, 0.1) is 0 Å². The van der Waals surface area contributed by atoms with Crippen molar-refractivity contribution in [3.63, 3.8) is 0 Å². The summed E-state index contributed by atoms with van der Waals surface area (Å²) < 4.78 is 5.23. The molecule has 0 atom stereocenters. The average molecular weight is 408 g/mol. The summed E-state index contributed by atoms with van der Waals surface area (Å²) in [6.45, 7) is 3.42. The van der Waals surface area contributed by atoms with Crippen LogP contribution in [0.1, 0.15) is 31.2 Å². The largest absolute Gasteiger partial charge is 0.482 e. The molecule has 0 unspecified atom stereocenters. The lowest BCUT2D eigenvalue weighted by molar-refractivity contribution is -0.139. The fourth-order valence-corrected chi connectivity index (χ4v) is 4.23. The monoisotopic (exact) mass is 408 g/mol. The number of ether oxygens (including phenoxy) is 1. The maximum absolute atomic E-state index is 13.7. The molecule has 158 valence electrons. The number of anilines is 1. The number of amides is 1. The zero-order valence-electron chi connectivity index (χ0n) is 17.1. The van der Waals surface area contributed by atoms with Crippen molar-refractivity contribution in [3.8, 4) is 5.75 Å². The number of carboxylic acids is 1. The molecule has 2 aliphatic rings. The summed E-state index contributed by atoms with van der Waals surface area (Å²) >= 11 is 0. The first kappa shape index (κ1) is 20.4. The molecule has 1 aliphatic heterocycles. The fourth-order valence-electron chi connectivity index (χ4n) is 4.23. The molecule has 0 radical (unpaired) electrons. The van der Waals surface area contributed by atoms with E-state index in [9.17, 15) is 9.59 Å². The van der Waals surface area contributed by atoms with Crippen molar-refractivity contribution in [2.45, 2.75) is 31.1 Å². The van der Waals surface area contributed by atoms with E-state index in [-0.39, 0.29) is 12.5 Å². The standard InChI is InChI=1S/C24H28N2O4/c27-22(28)18-30-21-10-8-19(9-11-21)24(12-13-24)23(29)26(20-6-2-1-3-7-20)17-16-25-14-4-5-15-25/h1-3,6-11H,4-5,12-18H2,(H,27,28). The summed E-state index contributed by atoms with van der Waals surface area (Å²) in [6.07, 6.45) is 4.13. The molecule has 1 amide bonds. The Morgan fingerprint density at radius 1 is 1.00 bits per heavy atom. The number of likely N-dealkylation sites (tertiary alicyclic amines) is 1. The van der Waals surface area contributed by atoms with Crippen molar-refractivity contribution >= 4 is 17.6 Å². The SMILES string of the molecule is O=C(O)COc1ccc(C2(C(=O)N(CCN3CCCC3)c3ccccc3)CC2)cc1. The van der Waals surface area contributed by atoms with Gasteiger partial charge in [0.1, 0.15) is 5.75 Å². The molecule has 1 aliphatic carbocycles. The second-order valence-corrected chi connectivity index (χ2v) is 8.13. The summed E-state index contributed by atoms with van der Waals surface area (Å²) in [4.78, 5) is 28.8. The third-order valence-electron chi connectivity index (χ3n) is 6.08. The molecule has 2 aromatic carbocycles. The van der Waals surface area contributed by atoms with Gasteiger partial charge < -0.3 is 19.6 Å². The molecule has 30 heavy (non-hydrogen) atoms. The predicted octanol–water partition coefficient (Wildman–Crippen LogP) is 3.31. The minimum atomic E-state index is -1.01. The number of rotatable bonds is 9. The molecule has 1 heterocycles. The molecule has 2 aromatic rings. The number of hydrogen-bond donors (Lipinski definition) is 1. The normalized spacial score (nSPS) is 17.5. The van der Waals surface area contributed by atoms with Crippen molar-refractivity contribution in [3.05, 3.63) is 60.2 Å². The first-order valence-corrected chi connectivity index (χ1v) is 10.6. The Kier molecular flexibility index (Phi) is 6.04. The van der Waals surface area contributed by atoms with E-state index in [1.807, 2.05) is 47.4 Å². The Morgan fingerprint density at radius 2 is 1.67 bits per heavy atom. The van der Waals surface area contributed by atoms with Gasteiger partial charge in [0.05, 0.1) is 5.41 Å². The number of carbonyl (C=O) groups is 2. The van der Waals surface area contributed by atoms with E-state index < -0.39 is 11.4 Å². The summed E-state index contributed by atoms with van der Waals surface area (Å²) in [5, 5.41) is 8.76. The van der Waals surface area contributed by atoms with Crippen LogP contribution in [0.2, 0.25) is 0 Å². The van der Waals surface area contributed by atoms with Crippen molar-refractivity contribution in [2.24, 2.45) is 0 Å². The van der Waals surface area contributed by atoms with Crippen molar-refractivity contribution in [1.82, 2.24) is 4.90 Å². The van der Waals surface area contributed by atoms with Crippen LogP contribution in [0.4, 0.5) is 5.69 Å². The molecule has 1 N–H and O–H groups in total. The van der Waals surface area contributed by atoms with Gasteiger partial charge >= 0.3 is 5.97 Å². The minimum Gasteiger partial charge on any atom is -0.482 e. The van der Waals surface area contributed by atoms with E-state index in [2.05, 4.69) is 4.90 Å². The van der Waals surface area contributed by atoms with Gasteiger partial charge in [0, 0.05) is 18.8 Å². The van der Waals surface area contributed by atoms with Crippen LogP contribution >= 0.6 is 0 Å². The van der Waals surface area contributed by atoms with E-state index in [4.69, 9.17) is 9.84 Å². The van der Waals surface area contributed by atoms with Gasteiger partial charge in [-0.15, -0.1) is 0 Å². The van der Waals surface area contributed by atoms with Crippen molar-refractivity contribution in [2.75, 3.05) is 37.7 Å². The van der Waals surface area contributed by atoms with Crippen LogP contribution in [-0.2, 0) is 15.0 Å². The second-order valence-electron chi connectivity index (χ2n) is 8.13. The zero-order chi connectivity index (χ0) is 21.0. The van der Waals surface area contributed by atoms with Crippen LogP contribution < -0.4 is 9.64 Å². The quantitative estimate of drug-likeness (QED) is 0.689. The molecule has 0 spiro atoms. The van der Waals surface area contributed by atoms with Gasteiger partial charge in [-0.25, -0.2) is 4.79 Å². The first-order valence-electron chi connectivity index (χ1n) is 10.6. The lowest BCUT2D eigenvalue weighted by atomic mass is 9.94. The number of hydrogen-bond acceptors (Lipinski definition) is 4. The van der Waals surface area contributed by atoms with Gasteiger partial charge in [0.25, 0.3) is 0 Å². The van der Waals surface area contributed by atoms with Crippen LogP contribution in [0.25, 0.3) is 0 Å². The Bertz CT molecular complexity index is 872. The van der Waals surface area contributed by atoms with Gasteiger partial charge in [-0.2, -0.15) is 0 Å². The highest BCUT2D eigenvalue weighted by molar-refractivity contribution is 6.03. The second kappa shape index (κ2) is 8.88. The highest BCUT2D eigenvalue weighted by atomic mass is 16.5. The molecule has 4 rings (SSSR count). The third kappa shape index (κ3) is 4.49. The lowest BCUT2D eigenvalue weighted by Crippen LogP contribution is -2.43. The van der Waals surface area contributed by atoms with Gasteiger partial charge in [-0.3, -0.25) is 4.79 Å². The Morgan fingerprint density at radius 3 is 2.27 bits per heavy atom. The fraction of sp³-hybridized carbons (Fsp3) is 0.417. The van der Waals surface area contributed by atoms with Crippen LogP contribution in [-0.4, -0.2) is 54.7 Å². The van der Waals surface area contributed by atoms with E-state index in [0.29, 0.717) is 12.3 Å². The smallest absolute Gasteiger partial charge is 0.341 e. The molecule has 6 nitrogen and oxygen atoms in total. The number of benzene rings is 2. The number of aliphatic carboxylic acids is 1. The van der Waals surface area contributed by atoms with Gasteiger partial charge in [-0.1, -0.05) is 30.3 Å². The molecule has 0 bridgehead atoms. The van der Waals surface area contributed by atoms with E-state index in [1.54, 1.807) is 12.1 Å². The highest BCUT2D eigenvalue weighted by Crippen LogP contribution is 2.50. The summed E-state index contributed by atoms with van der Waals surface area (Å²) in [6, 6.07) is 17.2. The molecule has 1 saturated heterocycles. The van der Waals surface area contributed by atoms with Gasteiger partial charge in [0.15, 0.2) is 6.61 Å². The summed E-state index contributed by atoms with van der Waals surface area (Å²) in [5.74, 6) is -0.366. The lowest BCUT2D eigenvalue weighted by Gasteiger charge is -2.29. The first-order chi connectivity index (χ1) is 14.6. The number of carboxylic acid groups (broad SMARTS) is 1. The van der Waals surface area contributed by atoms with Gasteiger partial charge in [-0.05, 0) is 68.6 Å². The summed E-state index contributed by atoms with van der Waals surface area (Å²) in [7, 11) is 0. The summed E-state index contributed by atoms with van der Waals surface area (Å²) in [5.41, 5.74) is 1.42. The minimum absolute atomic E-state index is 0.145. The molecule has 2 fully saturated rings. The Balaban J connectivity index is 1.51. The number of nitrogens with zero attached hydrogens (tertiary/aromatic N) is 2. The Hall–Kier alpha value is -2.86.